The second-order valence-electron chi connectivity index (χ2n) is 6.82. The Bertz CT molecular complexity index is 970. The van der Waals surface area contributed by atoms with Crippen molar-refractivity contribution in [2.24, 2.45) is 0 Å². The molecule has 3 rings (SSSR count). The first-order valence-corrected chi connectivity index (χ1v) is 10.5. The van der Waals surface area contributed by atoms with Gasteiger partial charge in [-0.2, -0.15) is 0 Å². The number of methoxy groups -OCH3 is 1. The molecule has 0 heterocycles. The summed E-state index contributed by atoms with van der Waals surface area (Å²) in [7, 11) is -2.19. The zero-order valence-electron chi connectivity index (χ0n) is 16.1. The molecule has 2 aromatic carbocycles. The van der Waals surface area contributed by atoms with Gasteiger partial charge in [-0.3, -0.25) is 4.79 Å². The topological polar surface area (TPSA) is 93.7 Å². The summed E-state index contributed by atoms with van der Waals surface area (Å²) in [6.45, 7) is 3.56. The van der Waals surface area contributed by atoms with E-state index in [1.807, 2.05) is 25.1 Å². The summed E-state index contributed by atoms with van der Waals surface area (Å²) in [6, 6.07) is 11.7. The summed E-state index contributed by atoms with van der Waals surface area (Å²) in [5, 5.41) is 2.70. The number of hydrogen-bond donors (Lipinski definition) is 2. The van der Waals surface area contributed by atoms with Crippen LogP contribution in [-0.2, 0) is 14.8 Å². The monoisotopic (exact) mass is 404 g/mol. The van der Waals surface area contributed by atoms with Gasteiger partial charge in [0.15, 0.2) is 6.10 Å². The number of amides is 1. The number of aryl methyl sites for hydroxylation is 1. The first-order valence-electron chi connectivity index (χ1n) is 9.03. The molecule has 1 atom stereocenters. The molecule has 1 aliphatic carbocycles. The Morgan fingerprint density at radius 2 is 1.93 bits per heavy atom. The van der Waals surface area contributed by atoms with Crippen molar-refractivity contribution < 1.29 is 22.7 Å². The minimum atomic E-state index is -3.64. The Hall–Kier alpha value is -2.58. The predicted octanol–water partition coefficient (Wildman–Crippen LogP) is 2.85. The highest BCUT2D eigenvalue weighted by atomic mass is 32.2. The van der Waals surface area contributed by atoms with Crippen molar-refractivity contribution in [3.8, 4) is 11.5 Å². The maximum Gasteiger partial charge on any atom is 0.265 e. The van der Waals surface area contributed by atoms with Gasteiger partial charge < -0.3 is 14.8 Å². The van der Waals surface area contributed by atoms with Crippen LogP contribution < -0.4 is 19.5 Å². The fourth-order valence-corrected chi connectivity index (χ4v) is 3.95. The van der Waals surface area contributed by atoms with Gasteiger partial charge in [-0.15, -0.1) is 0 Å². The quantitative estimate of drug-likeness (QED) is 0.706. The van der Waals surface area contributed by atoms with E-state index in [1.165, 1.54) is 25.3 Å². The molecule has 1 unspecified atom stereocenters. The molecule has 2 N–H and O–H groups in total. The van der Waals surface area contributed by atoms with Crippen LogP contribution in [0.1, 0.15) is 25.3 Å². The number of anilines is 1. The fraction of sp³-hybridized carbons (Fsp3) is 0.350. The van der Waals surface area contributed by atoms with E-state index in [4.69, 9.17) is 9.47 Å². The molecule has 0 radical (unpaired) electrons. The zero-order chi connectivity index (χ0) is 20.3. The molecule has 7 nitrogen and oxygen atoms in total. The fourth-order valence-electron chi connectivity index (χ4n) is 2.62. The molecule has 28 heavy (non-hydrogen) atoms. The molecular formula is C20H24N2O5S. The molecule has 0 aliphatic heterocycles. The van der Waals surface area contributed by atoms with Gasteiger partial charge in [-0.25, -0.2) is 13.1 Å². The van der Waals surface area contributed by atoms with Crippen LogP contribution in [-0.4, -0.2) is 33.6 Å². The number of nitrogens with one attached hydrogen (secondary N) is 2. The molecule has 0 spiro atoms. The van der Waals surface area contributed by atoms with Crippen LogP contribution in [0.4, 0.5) is 5.69 Å². The summed E-state index contributed by atoms with van der Waals surface area (Å²) in [5.41, 5.74) is 1.29. The lowest BCUT2D eigenvalue weighted by molar-refractivity contribution is -0.122. The third-order valence-electron chi connectivity index (χ3n) is 4.31. The standard InChI is InChI=1S/C20H24N2O5S/c1-13-5-4-6-16(11-13)27-14(2)20(23)21-18-12-17(9-10-19(18)26-3)28(24,25)22-15-7-8-15/h4-6,9-12,14-15,22H,7-8H2,1-3H3,(H,21,23). The van der Waals surface area contributed by atoms with Gasteiger partial charge in [-0.05, 0) is 62.6 Å². The molecular weight excluding hydrogens is 380 g/mol. The average Bonchev–Trinajstić information content (AvgIpc) is 3.45. The Kier molecular flexibility index (Phi) is 5.90. The molecule has 1 aliphatic rings. The number of hydrogen-bond acceptors (Lipinski definition) is 5. The van der Waals surface area contributed by atoms with Crippen LogP contribution in [0.15, 0.2) is 47.4 Å². The van der Waals surface area contributed by atoms with Crippen molar-refractivity contribution in [2.45, 2.75) is 43.7 Å². The molecule has 0 bridgehead atoms. The highest BCUT2D eigenvalue weighted by Crippen LogP contribution is 2.29. The summed E-state index contributed by atoms with van der Waals surface area (Å²) < 4.78 is 38.4. The molecule has 2 aromatic rings. The smallest absolute Gasteiger partial charge is 0.265 e. The second kappa shape index (κ2) is 8.20. The Labute approximate surface area is 165 Å². The Balaban J connectivity index is 1.75. The van der Waals surface area contributed by atoms with E-state index in [0.29, 0.717) is 11.5 Å². The van der Waals surface area contributed by atoms with Gasteiger partial charge >= 0.3 is 0 Å². The van der Waals surface area contributed by atoms with Crippen LogP contribution in [0.2, 0.25) is 0 Å². The number of benzene rings is 2. The van der Waals surface area contributed by atoms with Gasteiger partial charge in [-0.1, -0.05) is 12.1 Å². The first-order chi connectivity index (χ1) is 13.3. The molecule has 8 heteroatoms. The Morgan fingerprint density at radius 3 is 2.57 bits per heavy atom. The van der Waals surface area contributed by atoms with Crippen molar-refractivity contribution in [3.05, 3.63) is 48.0 Å². The number of carbonyl (C=O) groups is 1. The van der Waals surface area contributed by atoms with Gasteiger partial charge in [0.05, 0.1) is 17.7 Å². The summed E-state index contributed by atoms with van der Waals surface area (Å²) in [6.07, 6.45) is 0.899. The van der Waals surface area contributed by atoms with E-state index in [9.17, 15) is 13.2 Å². The number of ether oxygens (including phenoxy) is 2. The molecule has 1 saturated carbocycles. The number of carbonyl (C=O) groups excluding carboxylic acids is 1. The van der Waals surface area contributed by atoms with Crippen LogP contribution in [0.25, 0.3) is 0 Å². The lowest BCUT2D eigenvalue weighted by Gasteiger charge is -2.17. The average molecular weight is 404 g/mol. The molecule has 0 saturated heterocycles. The van der Waals surface area contributed by atoms with Crippen LogP contribution in [0.5, 0.6) is 11.5 Å². The van der Waals surface area contributed by atoms with Crippen molar-refractivity contribution >= 4 is 21.6 Å². The van der Waals surface area contributed by atoms with Crippen molar-refractivity contribution in [1.82, 2.24) is 4.72 Å². The number of rotatable bonds is 8. The summed E-state index contributed by atoms with van der Waals surface area (Å²) in [5.74, 6) is 0.533. The maximum absolute atomic E-state index is 12.6. The van der Waals surface area contributed by atoms with E-state index in [2.05, 4.69) is 10.0 Å². The summed E-state index contributed by atoms with van der Waals surface area (Å²) in [4.78, 5) is 12.6. The lowest BCUT2D eigenvalue weighted by Crippen LogP contribution is -2.30. The highest BCUT2D eigenvalue weighted by molar-refractivity contribution is 7.89. The van der Waals surface area contributed by atoms with E-state index in [0.717, 1.165) is 18.4 Å². The van der Waals surface area contributed by atoms with Gasteiger partial charge in [0, 0.05) is 6.04 Å². The first kappa shape index (κ1) is 20.2. The minimum absolute atomic E-state index is 0.00658. The van der Waals surface area contributed by atoms with E-state index < -0.39 is 22.0 Å². The highest BCUT2D eigenvalue weighted by Gasteiger charge is 2.28. The van der Waals surface area contributed by atoms with Crippen molar-refractivity contribution in [1.29, 1.82) is 0 Å². The van der Waals surface area contributed by atoms with Crippen molar-refractivity contribution in [2.75, 3.05) is 12.4 Å². The second-order valence-corrected chi connectivity index (χ2v) is 8.54. The third-order valence-corrected chi connectivity index (χ3v) is 5.83. The molecule has 1 amide bonds. The Morgan fingerprint density at radius 1 is 1.18 bits per heavy atom. The largest absolute Gasteiger partial charge is 0.495 e. The van der Waals surface area contributed by atoms with E-state index in [-0.39, 0.29) is 16.6 Å². The van der Waals surface area contributed by atoms with Crippen molar-refractivity contribution in [3.63, 3.8) is 0 Å². The SMILES string of the molecule is COc1ccc(S(=O)(=O)NC2CC2)cc1NC(=O)C(C)Oc1cccc(C)c1. The summed E-state index contributed by atoms with van der Waals surface area (Å²) >= 11 is 0. The van der Waals surface area contributed by atoms with Crippen LogP contribution in [0.3, 0.4) is 0 Å². The molecule has 150 valence electrons. The lowest BCUT2D eigenvalue weighted by atomic mass is 10.2. The molecule has 1 fully saturated rings. The number of sulfonamides is 1. The molecule has 0 aromatic heterocycles. The minimum Gasteiger partial charge on any atom is -0.495 e. The zero-order valence-corrected chi connectivity index (χ0v) is 16.9. The van der Waals surface area contributed by atoms with Crippen LogP contribution in [0, 0.1) is 6.92 Å². The predicted molar refractivity (Wildman–Crippen MR) is 106 cm³/mol. The maximum atomic E-state index is 12.6. The van der Waals surface area contributed by atoms with Gasteiger partial charge in [0.25, 0.3) is 5.91 Å². The van der Waals surface area contributed by atoms with Gasteiger partial charge in [0.2, 0.25) is 10.0 Å². The van der Waals surface area contributed by atoms with E-state index in [1.54, 1.807) is 13.0 Å². The normalized spacial score (nSPS) is 15.0. The third kappa shape index (κ3) is 5.02. The van der Waals surface area contributed by atoms with Gasteiger partial charge in [0.1, 0.15) is 11.5 Å². The van der Waals surface area contributed by atoms with E-state index >= 15 is 0 Å². The van der Waals surface area contributed by atoms with Crippen LogP contribution >= 0.6 is 0 Å².